The van der Waals surface area contributed by atoms with Gasteiger partial charge in [-0.3, -0.25) is 14.4 Å². The first-order valence-corrected chi connectivity index (χ1v) is 12.9. The quantitative estimate of drug-likeness (QED) is 0.385. The summed E-state index contributed by atoms with van der Waals surface area (Å²) in [5, 5.41) is 7.19. The highest BCUT2D eigenvalue weighted by molar-refractivity contribution is 7.12. The molecule has 4 rings (SSSR count). The molecule has 2 aromatic carbocycles. The van der Waals surface area contributed by atoms with Crippen molar-refractivity contribution in [1.29, 1.82) is 0 Å². The minimum absolute atomic E-state index is 0.0298. The highest BCUT2D eigenvalue weighted by atomic mass is 32.1. The number of amides is 3. The van der Waals surface area contributed by atoms with Gasteiger partial charge in [-0.25, -0.2) is 0 Å². The molecule has 0 atom stereocenters. The van der Waals surface area contributed by atoms with Crippen molar-refractivity contribution < 1.29 is 27.6 Å². The third-order valence-corrected chi connectivity index (χ3v) is 7.15. The summed E-state index contributed by atoms with van der Waals surface area (Å²) in [6.45, 7) is 1.16. The molecule has 6 nitrogen and oxygen atoms in total. The van der Waals surface area contributed by atoms with E-state index in [1.54, 1.807) is 29.2 Å². The van der Waals surface area contributed by atoms with Gasteiger partial charge in [-0.15, -0.1) is 11.3 Å². The number of halogens is 3. The maximum atomic E-state index is 12.8. The molecule has 1 fully saturated rings. The van der Waals surface area contributed by atoms with Gasteiger partial charge in [0.25, 0.3) is 5.91 Å². The predicted octanol–water partition coefficient (Wildman–Crippen LogP) is 5.55. The van der Waals surface area contributed by atoms with Crippen molar-refractivity contribution in [3.8, 4) is 0 Å². The minimum Gasteiger partial charge on any atom is -0.342 e. The average Bonchev–Trinajstić information content (AvgIpc) is 3.46. The molecule has 0 bridgehead atoms. The van der Waals surface area contributed by atoms with E-state index < -0.39 is 17.6 Å². The first kappa shape index (κ1) is 27.1. The lowest BCUT2D eigenvalue weighted by Gasteiger charge is -2.32. The van der Waals surface area contributed by atoms with Gasteiger partial charge in [0.15, 0.2) is 0 Å². The molecule has 1 aliphatic rings. The van der Waals surface area contributed by atoms with Crippen LogP contribution in [0.4, 0.5) is 18.9 Å². The van der Waals surface area contributed by atoms with Crippen LogP contribution in [0.3, 0.4) is 0 Å². The van der Waals surface area contributed by atoms with Gasteiger partial charge in [-0.1, -0.05) is 30.3 Å². The molecule has 2 heterocycles. The number of benzene rings is 2. The Kier molecular flexibility index (Phi) is 8.62. The molecule has 0 aliphatic carbocycles. The number of carbonyl (C=O) groups is 3. The van der Waals surface area contributed by atoms with Crippen LogP contribution in [0.1, 0.15) is 45.1 Å². The number of hydrogen-bond donors (Lipinski definition) is 2. The molecule has 3 aromatic rings. The van der Waals surface area contributed by atoms with Gasteiger partial charge in [0.2, 0.25) is 11.8 Å². The van der Waals surface area contributed by atoms with Crippen LogP contribution < -0.4 is 10.6 Å². The highest BCUT2D eigenvalue weighted by Gasteiger charge is 2.30. The molecule has 0 unspecified atom stereocenters. The SMILES string of the molecule is O=C(/C=C/c1cccc(C(F)(F)F)c1)Nc1ccc(C2CCN(C(=O)CNC(=O)c3cccs3)CC2)cc1. The Labute approximate surface area is 222 Å². The second-order valence-electron chi connectivity index (χ2n) is 8.88. The van der Waals surface area contributed by atoms with Crippen LogP contribution >= 0.6 is 11.3 Å². The number of likely N-dealkylation sites (tertiary alicyclic amines) is 1. The molecule has 0 saturated carbocycles. The van der Waals surface area contributed by atoms with Gasteiger partial charge in [-0.2, -0.15) is 13.2 Å². The summed E-state index contributed by atoms with van der Waals surface area (Å²) < 4.78 is 38.5. The van der Waals surface area contributed by atoms with Crippen molar-refractivity contribution >= 4 is 40.8 Å². The Hall–Kier alpha value is -3.92. The van der Waals surface area contributed by atoms with E-state index in [0.29, 0.717) is 23.7 Å². The second kappa shape index (κ2) is 12.1. The van der Waals surface area contributed by atoms with Crippen LogP contribution in [-0.4, -0.2) is 42.3 Å². The summed E-state index contributed by atoms with van der Waals surface area (Å²) in [5.41, 5.74) is 1.17. The van der Waals surface area contributed by atoms with E-state index in [1.165, 1.54) is 35.6 Å². The van der Waals surface area contributed by atoms with Gasteiger partial charge in [0.05, 0.1) is 17.0 Å². The zero-order valence-electron chi connectivity index (χ0n) is 20.3. The number of thiophene rings is 1. The fourth-order valence-corrected chi connectivity index (χ4v) is 4.88. The number of hydrogen-bond acceptors (Lipinski definition) is 4. The molecule has 10 heteroatoms. The standard InChI is InChI=1S/C28H26F3N3O3S/c29-28(30,31)22-4-1-3-19(17-22)6-11-25(35)33-23-9-7-20(8-10-23)21-12-14-34(15-13-21)26(36)18-32-27(37)24-5-2-16-38-24/h1-11,16-17,21H,12-15,18H2,(H,32,37)(H,33,35)/b11-6+. The molecule has 198 valence electrons. The zero-order chi connectivity index (χ0) is 27.1. The van der Waals surface area contributed by atoms with E-state index in [0.717, 1.165) is 30.5 Å². The molecule has 0 radical (unpaired) electrons. The Bertz CT molecular complexity index is 1300. The average molecular weight is 542 g/mol. The molecule has 3 amide bonds. The van der Waals surface area contributed by atoms with Crippen molar-refractivity contribution in [2.45, 2.75) is 24.9 Å². The number of anilines is 1. The molecule has 1 aliphatic heterocycles. The molecular formula is C28H26F3N3O3S. The molecule has 1 saturated heterocycles. The van der Waals surface area contributed by atoms with Gasteiger partial charge < -0.3 is 15.5 Å². The Morgan fingerprint density at radius 1 is 1.00 bits per heavy atom. The Balaban J connectivity index is 1.23. The number of nitrogens with zero attached hydrogens (tertiary/aromatic N) is 1. The lowest BCUT2D eigenvalue weighted by Crippen LogP contribution is -2.43. The van der Waals surface area contributed by atoms with Crippen LogP contribution in [-0.2, 0) is 15.8 Å². The second-order valence-corrected chi connectivity index (χ2v) is 9.83. The monoisotopic (exact) mass is 541 g/mol. The van der Waals surface area contributed by atoms with Gasteiger partial charge in [-0.05, 0) is 71.7 Å². The number of nitrogens with one attached hydrogen (secondary N) is 2. The Morgan fingerprint density at radius 2 is 1.74 bits per heavy atom. The first-order valence-electron chi connectivity index (χ1n) is 12.0. The number of alkyl halides is 3. The van der Waals surface area contributed by atoms with E-state index in [9.17, 15) is 27.6 Å². The van der Waals surface area contributed by atoms with Crippen molar-refractivity contribution in [2.75, 3.05) is 25.0 Å². The molecule has 1 aromatic heterocycles. The lowest BCUT2D eigenvalue weighted by molar-refractivity contribution is -0.137. The normalized spacial score (nSPS) is 14.4. The summed E-state index contributed by atoms with van der Waals surface area (Å²) in [5.74, 6) is -0.537. The summed E-state index contributed by atoms with van der Waals surface area (Å²) in [6, 6.07) is 15.7. The maximum Gasteiger partial charge on any atom is 0.416 e. The largest absolute Gasteiger partial charge is 0.416 e. The van der Waals surface area contributed by atoms with Gasteiger partial charge in [0.1, 0.15) is 0 Å². The minimum atomic E-state index is -4.44. The number of carbonyl (C=O) groups excluding carboxylic acids is 3. The van der Waals surface area contributed by atoms with Crippen LogP contribution in [0.2, 0.25) is 0 Å². The smallest absolute Gasteiger partial charge is 0.342 e. The molecule has 2 N–H and O–H groups in total. The fraction of sp³-hybridized carbons (Fsp3) is 0.250. The summed E-state index contributed by atoms with van der Waals surface area (Å²) in [6.07, 6.45) is -0.339. The third-order valence-electron chi connectivity index (χ3n) is 6.28. The van der Waals surface area contributed by atoms with Crippen LogP contribution in [0.25, 0.3) is 6.08 Å². The number of rotatable bonds is 7. The first-order chi connectivity index (χ1) is 18.2. The third kappa shape index (κ3) is 7.32. The van der Waals surface area contributed by atoms with Crippen molar-refractivity contribution in [3.05, 3.63) is 93.7 Å². The lowest BCUT2D eigenvalue weighted by atomic mass is 9.89. The molecule has 0 spiro atoms. The van der Waals surface area contributed by atoms with Crippen LogP contribution in [0.15, 0.2) is 72.1 Å². The fourth-order valence-electron chi connectivity index (χ4n) is 4.24. The van der Waals surface area contributed by atoms with Crippen molar-refractivity contribution in [2.24, 2.45) is 0 Å². The van der Waals surface area contributed by atoms with Gasteiger partial charge >= 0.3 is 6.18 Å². The van der Waals surface area contributed by atoms with Crippen LogP contribution in [0, 0.1) is 0 Å². The van der Waals surface area contributed by atoms with E-state index in [2.05, 4.69) is 10.6 Å². The maximum absolute atomic E-state index is 12.8. The predicted molar refractivity (Wildman–Crippen MR) is 141 cm³/mol. The van der Waals surface area contributed by atoms with Crippen LogP contribution in [0.5, 0.6) is 0 Å². The topological polar surface area (TPSA) is 78.5 Å². The van der Waals surface area contributed by atoms with Gasteiger partial charge in [0, 0.05) is 24.9 Å². The van der Waals surface area contributed by atoms with E-state index in [1.807, 2.05) is 17.5 Å². The summed E-state index contributed by atoms with van der Waals surface area (Å²) in [7, 11) is 0. The number of piperidine rings is 1. The summed E-state index contributed by atoms with van der Waals surface area (Å²) in [4.78, 5) is 39.1. The molecule has 38 heavy (non-hydrogen) atoms. The van der Waals surface area contributed by atoms with Crippen molar-refractivity contribution in [3.63, 3.8) is 0 Å². The van der Waals surface area contributed by atoms with Crippen molar-refractivity contribution in [1.82, 2.24) is 10.2 Å². The van der Waals surface area contributed by atoms with E-state index in [4.69, 9.17) is 0 Å². The van der Waals surface area contributed by atoms with E-state index in [-0.39, 0.29) is 29.8 Å². The Morgan fingerprint density at radius 3 is 2.39 bits per heavy atom. The molecular weight excluding hydrogens is 515 g/mol. The van der Waals surface area contributed by atoms with E-state index >= 15 is 0 Å². The zero-order valence-corrected chi connectivity index (χ0v) is 21.1. The summed E-state index contributed by atoms with van der Waals surface area (Å²) >= 11 is 1.33. The highest BCUT2D eigenvalue weighted by Crippen LogP contribution is 2.30.